The van der Waals surface area contributed by atoms with E-state index in [0.717, 1.165) is 53.1 Å². The molecule has 0 radical (unpaired) electrons. The van der Waals surface area contributed by atoms with Gasteiger partial charge in [0.25, 0.3) is 0 Å². The van der Waals surface area contributed by atoms with Gasteiger partial charge >= 0.3 is 0 Å². The summed E-state index contributed by atoms with van der Waals surface area (Å²) in [6, 6.07) is 14.0. The number of imidazole rings is 1. The van der Waals surface area contributed by atoms with Gasteiger partial charge in [-0.1, -0.05) is 24.3 Å². The first kappa shape index (κ1) is 16.8. The number of para-hydroxylation sites is 2. The van der Waals surface area contributed by atoms with Gasteiger partial charge in [0.2, 0.25) is 5.91 Å². The highest BCUT2D eigenvalue weighted by molar-refractivity contribution is 5.92. The summed E-state index contributed by atoms with van der Waals surface area (Å²) in [7, 11) is 0. The highest BCUT2D eigenvalue weighted by atomic mass is 16.5. The lowest BCUT2D eigenvalue weighted by atomic mass is 10.1. The molecule has 5 nitrogen and oxygen atoms in total. The SMILES string of the molecule is Cc1ccc(C)c(NC(=O)Cn2c(C3CCCO3)nc3ccccc32)c1. The molecule has 0 bridgehead atoms. The van der Waals surface area contributed by atoms with Crippen molar-refractivity contribution in [3.8, 4) is 0 Å². The summed E-state index contributed by atoms with van der Waals surface area (Å²) in [6.45, 7) is 5.00. The van der Waals surface area contributed by atoms with Gasteiger partial charge in [0.15, 0.2) is 0 Å². The Morgan fingerprint density at radius 1 is 1.27 bits per heavy atom. The van der Waals surface area contributed by atoms with E-state index in [-0.39, 0.29) is 18.6 Å². The molecule has 2 aromatic carbocycles. The van der Waals surface area contributed by atoms with Crippen molar-refractivity contribution in [1.82, 2.24) is 9.55 Å². The predicted octanol–water partition coefficient (Wildman–Crippen LogP) is 4.14. The number of rotatable bonds is 4. The summed E-state index contributed by atoms with van der Waals surface area (Å²) < 4.78 is 7.82. The fourth-order valence-electron chi connectivity index (χ4n) is 3.49. The smallest absolute Gasteiger partial charge is 0.244 e. The van der Waals surface area contributed by atoms with Crippen LogP contribution >= 0.6 is 0 Å². The molecule has 3 aromatic rings. The third-order valence-corrected chi connectivity index (χ3v) is 4.87. The molecule has 1 aromatic heterocycles. The van der Waals surface area contributed by atoms with E-state index in [1.165, 1.54) is 0 Å². The molecule has 1 aliphatic rings. The lowest BCUT2D eigenvalue weighted by Crippen LogP contribution is -2.21. The Morgan fingerprint density at radius 2 is 2.12 bits per heavy atom. The molecule has 1 N–H and O–H groups in total. The Balaban J connectivity index is 1.64. The molecule has 0 aliphatic carbocycles. The highest BCUT2D eigenvalue weighted by Crippen LogP contribution is 2.30. The molecular weight excluding hydrogens is 326 g/mol. The van der Waals surface area contributed by atoms with Crippen molar-refractivity contribution >= 4 is 22.6 Å². The summed E-state index contributed by atoms with van der Waals surface area (Å²) in [5, 5.41) is 3.04. The Kier molecular flexibility index (Phi) is 4.47. The highest BCUT2D eigenvalue weighted by Gasteiger charge is 2.25. The Labute approximate surface area is 153 Å². The molecule has 0 saturated carbocycles. The van der Waals surface area contributed by atoms with Gasteiger partial charge in [-0.15, -0.1) is 0 Å². The van der Waals surface area contributed by atoms with Gasteiger partial charge in [-0.2, -0.15) is 0 Å². The number of ether oxygens (including phenoxy) is 1. The number of nitrogens with one attached hydrogen (secondary N) is 1. The number of carbonyl (C=O) groups excluding carboxylic acids is 1. The maximum Gasteiger partial charge on any atom is 0.244 e. The maximum absolute atomic E-state index is 12.8. The zero-order valence-corrected chi connectivity index (χ0v) is 15.2. The Hall–Kier alpha value is -2.66. The Morgan fingerprint density at radius 3 is 2.92 bits per heavy atom. The van der Waals surface area contributed by atoms with E-state index in [4.69, 9.17) is 9.72 Å². The summed E-state index contributed by atoms with van der Waals surface area (Å²) >= 11 is 0. The number of amides is 1. The zero-order valence-electron chi connectivity index (χ0n) is 15.2. The number of hydrogen-bond acceptors (Lipinski definition) is 3. The van der Waals surface area contributed by atoms with Gasteiger partial charge in [0, 0.05) is 12.3 Å². The summed E-state index contributed by atoms with van der Waals surface area (Å²) in [5.74, 6) is 0.793. The molecule has 0 spiro atoms. The van der Waals surface area contributed by atoms with Crippen LogP contribution in [-0.4, -0.2) is 22.1 Å². The van der Waals surface area contributed by atoms with Crippen LogP contribution in [0.5, 0.6) is 0 Å². The van der Waals surface area contributed by atoms with Crippen LogP contribution in [0.25, 0.3) is 11.0 Å². The van der Waals surface area contributed by atoms with Crippen molar-refractivity contribution in [2.24, 2.45) is 0 Å². The first-order valence-electron chi connectivity index (χ1n) is 9.06. The number of carbonyl (C=O) groups is 1. The lowest BCUT2D eigenvalue weighted by molar-refractivity contribution is -0.116. The van der Waals surface area contributed by atoms with E-state index in [0.29, 0.717) is 0 Å². The van der Waals surface area contributed by atoms with Crippen LogP contribution in [0, 0.1) is 13.8 Å². The van der Waals surface area contributed by atoms with Crippen LogP contribution in [0.4, 0.5) is 5.69 Å². The van der Waals surface area contributed by atoms with Crippen molar-refractivity contribution in [3.05, 3.63) is 59.4 Å². The molecule has 4 rings (SSSR count). The van der Waals surface area contributed by atoms with Crippen molar-refractivity contribution in [2.45, 2.75) is 39.3 Å². The van der Waals surface area contributed by atoms with Gasteiger partial charge in [0.05, 0.1) is 11.0 Å². The third-order valence-electron chi connectivity index (χ3n) is 4.87. The molecule has 1 saturated heterocycles. The quantitative estimate of drug-likeness (QED) is 0.770. The second-order valence-corrected chi connectivity index (χ2v) is 6.91. The molecule has 2 heterocycles. The molecule has 26 heavy (non-hydrogen) atoms. The average Bonchev–Trinajstić information content (AvgIpc) is 3.26. The lowest BCUT2D eigenvalue weighted by Gasteiger charge is -2.14. The molecular formula is C21H23N3O2. The number of anilines is 1. The number of benzene rings is 2. The van der Waals surface area contributed by atoms with Crippen molar-refractivity contribution in [3.63, 3.8) is 0 Å². The topological polar surface area (TPSA) is 56.2 Å². The minimum Gasteiger partial charge on any atom is -0.370 e. The third kappa shape index (κ3) is 3.22. The molecule has 1 amide bonds. The largest absolute Gasteiger partial charge is 0.370 e. The van der Waals surface area contributed by atoms with Gasteiger partial charge in [-0.3, -0.25) is 4.79 Å². The van der Waals surface area contributed by atoms with Gasteiger partial charge < -0.3 is 14.6 Å². The van der Waals surface area contributed by atoms with E-state index < -0.39 is 0 Å². The standard InChI is InChI=1S/C21H23N3O2/c1-14-9-10-15(2)17(12-14)22-20(25)13-24-18-7-4-3-6-16(18)23-21(24)19-8-5-11-26-19/h3-4,6-7,9-10,12,19H,5,8,11,13H2,1-2H3,(H,22,25). The molecule has 134 valence electrons. The van der Waals surface area contributed by atoms with Crippen LogP contribution < -0.4 is 5.32 Å². The zero-order chi connectivity index (χ0) is 18.1. The first-order chi connectivity index (χ1) is 12.6. The monoisotopic (exact) mass is 349 g/mol. The molecule has 1 fully saturated rings. The van der Waals surface area contributed by atoms with Crippen molar-refractivity contribution in [2.75, 3.05) is 11.9 Å². The number of aromatic nitrogens is 2. The van der Waals surface area contributed by atoms with Crippen LogP contribution in [-0.2, 0) is 16.1 Å². The van der Waals surface area contributed by atoms with Gasteiger partial charge in [0.1, 0.15) is 18.5 Å². The summed E-state index contributed by atoms with van der Waals surface area (Å²) in [5.41, 5.74) is 4.91. The van der Waals surface area contributed by atoms with E-state index in [2.05, 4.69) is 5.32 Å². The van der Waals surface area contributed by atoms with Crippen LogP contribution in [0.2, 0.25) is 0 Å². The second-order valence-electron chi connectivity index (χ2n) is 6.91. The van der Waals surface area contributed by atoms with E-state index >= 15 is 0 Å². The predicted molar refractivity (Wildman–Crippen MR) is 102 cm³/mol. The van der Waals surface area contributed by atoms with Crippen LogP contribution in [0.15, 0.2) is 42.5 Å². The van der Waals surface area contributed by atoms with E-state index in [1.54, 1.807) is 0 Å². The number of nitrogens with zero attached hydrogens (tertiary/aromatic N) is 2. The van der Waals surface area contributed by atoms with Crippen LogP contribution in [0.3, 0.4) is 0 Å². The maximum atomic E-state index is 12.8. The molecule has 1 aliphatic heterocycles. The van der Waals surface area contributed by atoms with Crippen LogP contribution in [0.1, 0.15) is 35.9 Å². The minimum atomic E-state index is -0.0545. The number of aryl methyl sites for hydroxylation is 2. The first-order valence-corrected chi connectivity index (χ1v) is 9.06. The Bertz CT molecular complexity index is 955. The van der Waals surface area contributed by atoms with Crippen molar-refractivity contribution < 1.29 is 9.53 Å². The van der Waals surface area contributed by atoms with Gasteiger partial charge in [-0.25, -0.2) is 4.98 Å². The minimum absolute atomic E-state index is 0.0316. The summed E-state index contributed by atoms with van der Waals surface area (Å²) in [4.78, 5) is 17.5. The van der Waals surface area contributed by atoms with E-state index in [9.17, 15) is 4.79 Å². The molecule has 1 unspecified atom stereocenters. The summed E-state index contributed by atoms with van der Waals surface area (Å²) in [6.07, 6.45) is 1.95. The number of fused-ring (bicyclic) bond motifs is 1. The van der Waals surface area contributed by atoms with Crippen molar-refractivity contribution in [1.29, 1.82) is 0 Å². The van der Waals surface area contributed by atoms with Gasteiger partial charge in [-0.05, 0) is 56.0 Å². The second kappa shape index (κ2) is 6.92. The normalized spacial score (nSPS) is 16.9. The number of hydrogen-bond donors (Lipinski definition) is 1. The fourth-order valence-corrected chi connectivity index (χ4v) is 3.49. The van der Waals surface area contributed by atoms with E-state index in [1.807, 2.05) is 60.9 Å². The average molecular weight is 349 g/mol. The fraction of sp³-hybridized carbons (Fsp3) is 0.333. The molecule has 1 atom stereocenters. The molecule has 5 heteroatoms.